The molecular weight excluding hydrogens is 783 g/mol. The van der Waals surface area contributed by atoms with E-state index in [2.05, 4.69) is 41.3 Å². The van der Waals surface area contributed by atoms with Crippen molar-refractivity contribution in [2.24, 2.45) is 0 Å². The van der Waals surface area contributed by atoms with Gasteiger partial charge in [-0.25, -0.2) is 18.1 Å². The number of hydrogen-bond donors (Lipinski definition) is 6. The molecule has 58 heavy (non-hydrogen) atoms. The molecule has 6 rings (SSSR count). The van der Waals surface area contributed by atoms with Crippen LogP contribution in [0.5, 0.6) is 5.75 Å². The smallest absolute Gasteiger partial charge is 0.256 e. The Morgan fingerprint density at radius 1 is 1.05 bits per heavy atom. The Hall–Kier alpha value is -5.43. The molecular formula is C40H49N9O7S2. The quantitative estimate of drug-likeness (QED) is 0.0674. The summed E-state index contributed by atoms with van der Waals surface area (Å²) in [6, 6.07) is 13.2. The van der Waals surface area contributed by atoms with E-state index in [9.17, 15) is 27.6 Å². The third kappa shape index (κ3) is 11.1. The fourth-order valence-electron chi connectivity index (χ4n) is 6.47. The van der Waals surface area contributed by atoms with Crippen LogP contribution in [0.25, 0.3) is 0 Å². The molecule has 4 heterocycles. The number of fused-ring (bicyclic) bond motifs is 1. The van der Waals surface area contributed by atoms with E-state index in [0.717, 1.165) is 21.7 Å². The molecule has 18 heteroatoms. The third-order valence-electron chi connectivity index (χ3n) is 9.30. The summed E-state index contributed by atoms with van der Waals surface area (Å²) in [4.78, 5) is 61.8. The number of benzene rings is 2. The number of carbonyl (C=O) groups excluding carboxylic acids is 4. The van der Waals surface area contributed by atoms with Gasteiger partial charge in [-0.15, -0.1) is 11.3 Å². The van der Waals surface area contributed by atoms with Gasteiger partial charge in [0.2, 0.25) is 33.7 Å². The highest BCUT2D eigenvalue weighted by molar-refractivity contribution is 7.89. The molecule has 2 aromatic carbocycles. The lowest BCUT2D eigenvalue weighted by molar-refractivity contribution is -0.134. The monoisotopic (exact) mass is 831 g/mol. The van der Waals surface area contributed by atoms with Crippen LogP contribution in [0.4, 0.5) is 23.1 Å². The highest BCUT2D eigenvalue weighted by Gasteiger charge is 2.39. The number of imide groups is 1. The zero-order valence-electron chi connectivity index (χ0n) is 32.9. The Morgan fingerprint density at radius 3 is 2.62 bits per heavy atom. The summed E-state index contributed by atoms with van der Waals surface area (Å²) in [6.07, 6.45) is 4.51. The normalized spacial score (nSPS) is 16.0. The van der Waals surface area contributed by atoms with Crippen molar-refractivity contribution in [2.45, 2.75) is 89.4 Å². The number of nitrogens with one attached hydrogen (secondary N) is 6. The number of amides is 4. The van der Waals surface area contributed by atoms with Gasteiger partial charge in [0, 0.05) is 51.9 Å². The molecule has 1 fully saturated rings. The molecule has 0 saturated carbocycles. The lowest BCUT2D eigenvalue weighted by Crippen LogP contribution is -2.49. The molecule has 0 unspecified atom stereocenters. The maximum absolute atomic E-state index is 13.1. The standard InChI is InChI=1S/C40H49N9O7S2/c1-25-20-43-39(47-36(25)44-27-9-7-10-29(19-27)58(54,55)48-40(2,3)4)45-26-13-15-28(16-14-26)56-18-8-17-41-22-35(51)42-21-33-30-23-49(38(53)31(30)24-57-33)32-11-5-6-12-34(50)46-37(32)52/h7,9-10,13-16,19-20,24,32,41,48H,5-6,8,11-12,17-18,21-23H2,1-4H3,(H,42,51)(H,46,50,52)(H2,43,44,45,47)/t32-/m0/s1. The summed E-state index contributed by atoms with van der Waals surface area (Å²) in [6.45, 7) is 8.89. The maximum atomic E-state index is 13.1. The number of thiophene rings is 1. The minimum Gasteiger partial charge on any atom is -0.494 e. The maximum Gasteiger partial charge on any atom is 0.256 e. The van der Waals surface area contributed by atoms with E-state index in [-0.39, 0.29) is 42.3 Å². The number of carbonyl (C=O) groups is 4. The first-order valence-electron chi connectivity index (χ1n) is 19.1. The van der Waals surface area contributed by atoms with Crippen LogP contribution in [0.1, 0.15) is 79.2 Å². The number of hydrogen-bond acceptors (Lipinski definition) is 13. The summed E-state index contributed by atoms with van der Waals surface area (Å²) in [5, 5.41) is 16.6. The van der Waals surface area contributed by atoms with Crippen LogP contribution >= 0.6 is 11.3 Å². The van der Waals surface area contributed by atoms with Gasteiger partial charge < -0.3 is 30.9 Å². The summed E-state index contributed by atoms with van der Waals surface area (Å²) in [7, 11) is -3.71. The zero-order valence-corrected chi connectivity index (χ0v) is 34.6. The number of aromatic nitrogens is 2. The van der Waals surface area contributed by atoms with Crippen LogP contribution in [0.2, 0.25) is 0 Å². The van der Waals surface area contributed by atoms with Crippen LogP contribution in [-0.2, 0) is 37.5 Å². The summed E-state index contributed by atoms with van der Waals surface area (Å²) < 4.78 is 34.2. The Balaban J connectivity index is 0.898. The summed E-state index contributed by atoms with van der Waals surface area (Å²) in [5.41, 5.74) is 2.83. The molecule has 4 amide bonds. The van der Waals surface area contributed by atoms with Gasteiger partial charge in [0.05, 0.1) is 30.2 Å². The SMILES string of the molecule is Cc1cnc(Nc2ccc(OCCCNCC(=O)NCc3scc4c3CN([C@H]3CCCCC(=O)NC3=O)C4=O)cc2)nc1Nc1cccc(S(=O)(=O)NC(C)(C)C)c1. The van der Waals surface area contributed by atoms with E-state index in [1.165, 1.54) is 16.2 Å². The Kier molecular flexibility index (Phi) is 13.4. The van der Waals surface area contributed by atoms with Crippen molar-refractivity contribution in [1.82, 2.24) is 35.5 Å². The summed E-state index contributed by atoms with van der Waals surface area (Å²) >= 11 is 1.41. The van der Waals surface area contributed by atoms with Gasteiger partial charge >= 0.3 is 0 Å². The number of aryl methyl sites for hydroxylation is 1. The first-order chi connectivity index (χ1) is 27.6. The minimum absolute atomic E-state index is 0.122. The molecule has 308 valence electrons. The van der Waals surface area contributed by atoms with Crippen LogP contribution in [0.15, 0.2) is 65.0 Å². The van der Waals surface area contributed by atoms with E-state index in [1.807, 2.05) is 31.2 Å². The van der Waals surface area contributed by atoms with E-state index < -0.39 is 27.5 Å². The highest BCUT2D eigenvalue weighted by Crippen LogP contribution is 2.34. The van der Waals surface area contributed by atoms with Crippen molar-refractivity contribution < 1.29 is 32.3 Å². The molecule has 16 nitrogen and oxygen atoms in total. The lowest BCUT2D eigenvalue weighted by atomic mass is 10.0. The lowest BCUT2D eigenvalue weighted by Gasteiger charge is -2.28. The molecule has 1 atom stereocenters. The van der Waals surface area contributed by atoms with Crippen molar-refractivity contribution in [1.29, 1.82) is 0 Å². The third-order valence-corrected chi connectivity index (χ3v) is 12.1. The minimum atomic E-state index is -3.71. The predicted octanol–water partition coefficient (Wildman–Crippen LogP) is 4.63. The zero-order chi connectivity index (χ0) is 41.5. The number of rotatable bonds is 16. The van der Waals surface area contributed by atoms with Gasteiger partial charge in [-0.2, -0.15) is 4.98 Å². The second-order valence-electron chi connectivity index (χ2n) is 15.2. The van der Waals surface area contributed by atoms with Gasteiger partial charge in [0.25, 0.3) is 5.91 Å². The van der Waals surface area contributed by atoms with Gasteiger partial charge in [-0.1, -0.05) is 12.5 Å². The van der Waals surface area contributed by atoms with Crippen LogP contribution < -0.4 is 36.0 Å². The highest BCUT2D eigenvalue weighted by atomic mass is 32.2. The van der Waals surface area contributed by atoms with Gasteiger partial charge in [0.1, 0.15) is 17.6 Å². The van der Waals surface area contributed by atoms with E-state index >= 15 is 0 Å². The number of ether oxygens (including phenoxy) is 1. The molecule has 2 aromatic heterocycles. The van der Waals surface area contributed by atoms with Crippen LogP contribution in [0.3, 0.4) is 0 Å². The largest absolute Gasteiger partial charge is 0.494 e. The molecule has 0 bridgehead atoms. The number of nitrogens with zero attached hydrogens (tertiary/aromatic N) is 3. The molecule has 6 N–H and O–H groups in total. The average Bonchev–Trinajstić information content (AvgIpc) is 3.71. The molecule has 2 aliphatic rings. The fraction of sp³-hybridized carbons (Fsp3) is 0.400. The first-order valence-corrected chi connectivity index (χ1v) is 21.5. The second-order valence-corrected chi connectivity index (χ2v) is 17.8. The Morgan fingerprint density at radius 2 is 1.84 bits per heavy atom. The van der Waals surface area contributed by atoms with Crippen molar-refractivity contribution in [2.75, 3.05) is 30.3 Å². The Labute approximate surface area is 342 Å². The molecule has 0 radical (unpaired) electrons. The van der Waals surface area contributed by atoms with Gasteiger partial charge in [0.15, 0.2) is 0 Å². The van der Waals surface area contributed by atoms with Crippen LogP contribution in [0, 0.1) is 6.92 Å². The van der Waals surface area contributed by atoms with Crippen molar-refractivity contribution in [3.8, 4) is 5.75 Å². The van der Waals surface area contributed by atoms with Gasteiger partial charge in [-0.3, -0.25) is 24.5 Å². The topological polar surface area (TPSA) is 213 Å². The second kappa shape index (κ2) is 18.4. The molecule has 0 aliphatic carbocycles. The molecule has 2 aliphatic heterocycles. The molecule has 1 saturated heterocycles. The Bertz CT molecular complexity index is 2260. The van der Waals surface area contributed by atoms with E-state index in [1.54, 1.807) is 56.6 Å². The van der Waals surface area contributed by atoms with E-state index in [4.69, 9.17) is 4.74 Å². The van der Waals surface area contributed by atoms with Crippen molar-refractivity contribution in [3.63, 3.8) is 0 Å². The number of anilines is 4. The first kappa shape index (κ1) is 42.2. The van der Waals surface area contributed by atoms with Crippen molar-refractivity contribution in [3.05, 3.63) is 81.7 Å². The van der Waals surface area contributed by atoms with Crippen LogP contribution in [-0.4, -0.2) is 78.2 Å². The average molecular weight is 832 g/mol. The molecule has 0 spiro atoms. The predicted molar refractivity (Wildman–Crippen MR) is 221 cm³/mol. The van der Waals surface area contributed by atoms with Gasteiger partial charge in [-0.05, 0) is 102 Å². The fourth-order valence-corrected chi connectivity index (χ4v) is 8.91. The number of sulfonamides is 1. The van der Waals surface area contributed by atoms with Crippen molar-refractivity contribution >= 4 is 68.1 Å². The van der Waals surface area contributed by atoms with E-state index in [0.29, 0.717) is 74.0 Å². The summed E-state index contributed by atoms with van der Waals surface area (Å²) in [5.74, 6) is 0.404. The molecule has 4 aromatic rings.